The molecule has 0 spiro atoms. The lowest BCUT2D eigenvalue weighted by atomic mass is 10.0. The van der Waals surface area contributed by atoms with Gasteiger partial charge in [-0.3, -0.25) is 0 Å². The highest BCUT2D eigenvalue weighted by Crippen LogP contribution is 2.23. The molecule has 1 rings (SSSR count). The van der Waals surface area contributed by atoms with Gasteiger partial charge >= 0.3 is 0 Å². The highest BCUT2D eigenvalue weighted by Gasteiger charge is 2.23. The van der Waals surface area contributed by atoms with Crippen molar-refractivity contribution in [2.24, 2.45) is 0 Å². The van der Waals surface area contributed by atoms with Gasteiger partial charge in [0.25, 0.3) is 0 Å². The van der Waals surface area contributed by atoms with E-state index in [4.69, 9.17) is 6.42 Å². The van der Waals surface area contributed by atoms with E-state index >= 15 is 0 Å². The Labute approximate surface area is 71.7 Å². The molecule has 1 aliphatic rings. The summed E-state index contributed by atoms with van der Waals surface area (Å²) >= 11 is -0.743. The molecular weight excluding hydrogens is 156 g/mol. The van der Waals surface area contributed by atoms with E-state index in [9.17, 15) is 4.55 Å². The van der Waals surface area contributed by atoms with Crippen molar-refractivity contribution < 1.29 is 4.55 Å². The first-order valence-corrected chi connectivity index (χ1v) is 5.53. The molecular formula is C9H14OS. The van der Waals surface area contributed by atoms with Crippen LogP contribution in [0.15, 0.2) is 0 Å². The van der Waals surface area contributed by atoms with Crippen molar-refractivity contribution in [3.05, 3.63) is 0 Å². The molecule has 1 unspecified atom stereocenters. The van der Waals surface area contributed by atoms with Crippen LogP contribution >= 0.6 is 0 Å². The van der Waals surface area contributed by atoms with E-state index in [1.807, 2.05) is 0 Å². The second-order valence-corrected chi connectivity index (χ2v) is 4.71. The molecule has 0 N–H and O–H groups in total. The molecule has 62 valence electrons. The van der Waals surface area contributed by atoms with Gasteiger partial charge in [0.2, 0.25) is 0 Å². The number of hydrogen-bond acceptors (Lipinski definition) is 1. The van der Waals surface area contributed by atoms with Crippen molar-refractivity contribution >= 4 is 11.2 Å². The second-order valence-electron chi connectivity index (χ2n) is 2.99. The molecule has 2 heteroatoms. The zero-order valence-electron chi connectivity index (χ0n) is 6.71. The van der Waals surface area contributed by atoms with Gasteiger partial charge in [-0.05, 0) is 36.9 Å². The molecule has 1 nitrogen and oxygen atoms in total. The van der Waals surface area contributed by atoms with Crippen LogP contribution in [0.5, 0.6) is 0 Å². The molecule has 0 aromatic rings. The summed E-state index contributed by atoms with van der Waals surface area (Å²) in [4.78, 5) is 0. The molecule has 0 saturated heterocycles. The van der Waals surface area contributed by atoms with E-state index < -0.39 is 11.2 Å². The molecule has 1 aliphatic carbocycles. The minimum atomic E-state index is -0.743. The Morgan fingerprint density at radius 1 is 1.36 bits per heavy atom. The minimum absolute atomic E-state index is 0.403. The van der Waals surface area contributed by atoms with Gasteiger partial charge in [-0.15, -0.1) is 6.42 Å². The van der Waals surface area contributed by atoms with Crippen molar-refractivity contribution in [2.45, 2.75) is 37.4 Å². The fraction of sp³-hybridized carbons (Fsp3) is 0.778. The minimum Gasteiger partial charge on any atom is -0.615 e. The average Bonchev–Trinajstić information content (AvgIpc) is 2.07. The van der Waals surface area contributed by atoms with E-state index in [1.165, 1.54) is 19.3 Å². The largest absolute Gasteiger partial charge is 0.615 e. The zero-order valence-corrected chi connectivity index (χ0v) is 7.53. The number of rotatable bonds is 2. The number of terminal acetylenes is 1. The molecule has 0 bridgehead atoms. The molecule has 0 aromatic heterocycles. The van der Waals surface area contributed by atoms with Crippen LogP contribution in [0.2, 0.25) is 0 Å². The Hall–Kier alpha value is -0.130. The van der Waals surface area contributed by atoms with Gasteiger partial charge in [0.15, 0.2) is 5.75 Å². The molecule has 0 heterocycles. The highest BCUT2D eigenvalue weighted by molar-refractivity contribution is 7.92. The fourth-order valence-corrected chi connectivity index (χ4v) is 2.79. The molecule has 1 fully saturated rings. The third-order valence-electron chi connectivity index (χ3n) is 2.15. The third kappa shape index (κ3) is 2.76. The van der Waals surface area contributed by atoms with E-state index in [0.29, 0.717) is 11.0 Å². The Balaban J connectivity index is 2.27. The van der Waals surface area contributed by atoms with Crippen LogP contribution in [0, 0.1) is 12.3 Å². The molecule has 1 saturated carbocycles. The zero-order chi connectivity index (χ0) is 8.10. The van der Waals surface area contributed by atoms with Gasteiger partial charge in [-0.1, -0.05) is 12.3 Å². The summed E-state index contributed by atoms with van der Waals surface area (Å²) in [6, 6.07) is 0. The Bertz CT molecular complexity index is 144. The predicted octanol–water partition coefficient (Wildman–Crippen LogP) is 1.70. The van der Waals surface area contributed by atoms with E-state index in [1.54, 1.807) is 0 Å². The number of hydrogen-bond donors (Lipinski definition) is 0. The van der Waals surface area contributed by atoms with Crippen LogP contribution < -0.4 is 0 Å². The molecule has 0 aliphatic heterocycles. The molecule has 0 radical (unpaired) electrons. The maximum atomic E-state index is 11.4. The van der Waals surface area contributed by atoms with Gasteiger partial charge in [0.05, 0.1) is 0 Å². The van der Waals surface area contributed by atoms with Gasteiger partial charge in [0.1, 0.15) is 5.25 Å². The summed E-state index contributed by atoms with van der Waals surface area (Å²) in [5.41, 5.74) is 0. The van der Waals surface area contributed by atoms with Gasteiger partial charge in [-0.25, -0.2) is 0 Å². The Morgan fingerprint density at radius 3 is 2.55 bits per heavy atom. The van der Waals surface area contributed by atoms with Gasteiger partial charge in [0, 0.05) is 0 Å². The van der Waals surface area contributed by atoms with Crippen LogP contribution in [0.4, 0.5) is 0 Å². The van der Waals surface area contributed by atoms with Crippen molar-refractivity contribution in [3.63, 3.8) is 0 Å². The first kappa shape index (κ1) is 8.96. The van der Waals surface area contributed by atoms with E-state index in [-0.39, 0.29) is 0 Å². The summed E-state index contributed by atoms with van der Waals surface area (Å²) in [6.45, 7) is 0. The molecule has 0 amide bonds. The molecule has 11 heavy (non-hydrogen) atoms. The fourth-order valence-electron chi connectivity index (χ4n) is 1.53. The van der Waals surface area contributed by atoms with Gasteiger partial charge < -0.3 is 4.55 Å². The SMILES string of the molecule is C#CC[S+]([O-])C1CCCCC1. The van der Waals surface area contributed by atoms with Crippen LogP contribution in [0.3, 0.4) is 0 Å². The summed E-state index contributed by atoms with van der Waals surface area (Å²) in [7, 11) is 0. The summed E-state index contributed by atoms with van der Waals surface area (Å²) in [5.74, 6) is 2.91. The lowest BCUT2D eigenvalue weighted by Gasteiger charge is -2.23. The lowest BCUT2D eigenvalue weighted by Crippen LogP contribution is -2.25. The van der Waals surface area contributed by atoms with Gasteiger partial charge in [-0.2, -0.15) is 0 Å². The normalized spacial score (nSPS) is 22.5. The third-order valence-corrected chi connectivity index (χ3v) is 3.82. The predicted molar refractivity (Wildman–Crippen MR) is 48.7 cm³/mol. The molecule has 0 aromatic carbocycles. The van der Waals surface area contributed by atoms with Crippen LogP contribution in [0.25, 0.3) is 0 Å². The maximum Gasteiger partial charge on any atom is 0.165 e. The van der Waals surface area contributed by atoms with Crippen molar-refractivity contribution in [2.75, 3.05) is 5.75 Å². The maximum absolute atomic E-state index is 11.4. The van der Waals surface area contributed by atoms with E-state index in [0.717, 1.165) is 12.8 Å². The smallest absolute Gasteiger partial charge is 0.165 e. The first-order chi connectivity index (χ1) is 5.34. The summed E-state index contributed by atoms with van der Waals surface area (Å²) < 4.78 is 11.4. The summed E-state index contributed by atoms with van der Waals surface area (Å²) in [6.07, 6.45) is 11.1. The van der Waals surface area contributed by atoms with Crippen LogP contribution in [0.1, 0.15) is 32.1 Å². The first-order valence-electron chi connectivity index (χ1n) is 4.15. The van der Waals surface area contributed by atoms with Crippen LogP contribution in [-0.2, 0) is 11.2 Å². The standard InChI is InChI=1S/C9H14OS/c1-2-8-11(10)9-6-4-3-5-7-9/h1,9H,3-8H2. The van der Waals surface area contributed by atoms with Crippen molar-refractivity contribution in [3.8, 4) is 12.3 Å². The van der Waals surface area contributed by atoms with Crippen molar-refractivity contribution in [1.29, 1.82) is 0 Å². The summed E-state index contributed by atoms with van der Waals surface area (Å²) in [5, 5.41) is 0.403. The highest BCUT2D eigenvalue weighted by atomic mass is 32.2. The topological polar surface area (TPSA) is 23.1 Å². The van der Waals surface area contributed by atoms with Crippen LogP contribution in [-0.4, -0.2) is 15.6 Å². The molecule has 1 atom stereocenters. The van der Waals surface area contributed by atoms with E-state index in [2.05, 4.69) is 5.92 Å². The Morgan fingerprint density at radius 2 is 2.00 bits per heavy atom. The average molecular weight is 170 g/mol. The quantitative estimate of drug-likeness (QED) is 0.457. The van der Waals surface area contributed by atoms with Crippen molar-refractivity contribution in [1.82, 2.24) is 0 Å². The monoisotopic (exact) mass is 170 g/mol. The Kier molecular flexibility index (Phi) is 3.82. The second kappa shape index (κ2) is 4.69. The lowest BCUT2D eigenvalue weighted by molar-refractivity contribution is 0.485.